The number of rotatable bonds is 5. The number of amidine groups is 1. The standard InChI is InChI=1S/C24H23N3O2/c1-17-9-11-19(12-10-17)24-26(20-7-5-4-6-8-20)23(18(2)28)25-27(24)21-13-15-22(29-3)16-14-21/h4-16,24H,1-3H3/t24-/m0/s1. The lowest BCUT2D eigenvalue weighted by Crippen LogP contribution is -2.37. The molecule has 4 rings (SSSR count). The molecule has 0 bridgehead atoms. The van der Waals surface area contributed by atoms with Crippen molar-refractivity contribution >= 4 is 23.0 Å². The molecule has 0 radical (unpaired) electrons. The summed E-state index contributed by atoms with van der Waals surface area (Å²) in [6, 6.07) is 25.9. The van der Waals surface area contributed by atoms with Crippen LogP contribution >= 0.6 is 0 Å². The largest absolute Gasteiger partial charge is 0.497 e. The molecule has 0 fully saturated rings. The molecule has 5 nitrogen and oxygen atoms in total. The molecule has 0 amide bonds. The zero-order valence-electron chi connectivity index (χ0n) is 16.7. The number of Topliss-reactive ketones (excluding diaryl/α,β-unsaturated/α-hetero) is 1. The minimum Gasteiger partial charge on any atom is -0.497 e. The molecule has 1 aliphatic rings. The number of ether oxygens (including phenoxy) is 1. The van der Waals surface area contributed by atoms with Gasteiger partial charge in [0.25, 0.3) is 0 Å². The predicted molar refractivity (Wildman–Crippen MR) is 116 cm³/mol. The van der Waals surface area contributed by atoms with Crippen molar-refractivity contribution in [3.63, 3.8) is 0 Å². The van der Waals surface area contributed by atoms with Crippen LogP contribution in [-0.4, -0.2) is 18.7 Å². The van der Waals surface area contributed by atoms with Crippen LogP contribution in [0.2, 0.25) is 0 Å². The van der Waals surface area contributed by atoms with Gasteiger partial charge in [0.2, 0.25) is 0 Å². The highest BCUT2D eigenvalue weighted by molar-refractivity contribution is 6.44. The first-order valence-corrected chi connectivity index (χ1v) is 9.52. The summed E-state index contributed by atoms with van der Waals surface area (Å²) in [5.41, 5.74) is 4.04. The number of carbonyl (C=O) groups is 1. The van der Waals surface area contributed by atoms with E-state index >= 15 is 0 Å². The Labute approximate surface area is 170 Å². The summed E-state index contributed by atoms with van der Waals surface area (Å²) >= 11 is 0. The van der Waals surface area contributed by atoms with E-state index in [0.29, 0.717) is 5.84 Å². The predicted octanol–water partition coefficient (Wildman–Crippen LogP) is 4.93. The van der Waals surface area contributed by atoms with Crippen LogP contribution in [0.25, 0.3) is 0 Å². The molecule has 0 aliphatic carbocycles. The fraction of sp³-hybridized carbons (Fsp3) is 0.167. The number of anilines is 2. The quantitative estimate of drug-likeness (QED) is 0.625. The Morgan fingerprint density at radius 3 is 2.14 bits per heavy atom. The highest BCUT2D eigenvalue weighted by atomic mass is 16.5. The minimum atomic E-state index is -0.273. The number of aryl methyl sites for hydroxylation is 1. The minimum absolute atomic E-state index is 0.0815. The van der Waals surface area contributed by atoms with E-state index in [9.17, 15) is 4.79 Å². The third-order valence-electron chi connectivity index (χ3n) is 4.97. The van der Waals surface area contributed by atoms with Gasteiger partial charge in [-0.1, -0.05) is 48.0 Å². The number of benzene rings is 3. The summed E-state index contributed by atoms with van der Waals surface area (Å²) in [6.07, 6.45) is -0.273. The van der Waals surface area contributed by atoms with Gasteiger partial charge in [-0.05, 0) is 48.9 Å². The van der Waals surface area contributed by atoms with Gasteiger partial charge in [-0.2, -0.15) is 0 Å². The first kappa shape index (κ1) is 18.7. The van der Waals surface area contributed by atoms with Gasteiger partial charge >= 0.3 is 0 Å². The number of hydrogen-bond donors (Lipinski definition) is 0. The van der Waals surface area contributed by atoms with Crippen molar-refractivity contribution in [2.45, 2.75) is 20.0 Å². The second-order valence-electron chi connectivity index (χ2n) is 7.01. The molecule has 0 N–H and O–H groups in total. The van der Waals surface area contributed by atoms with Gasteiger partial charge in [0, 0.05) is 12.6 Å². The van der Waals surface area contributed by atoms with Crippen molar-refractivity contribution in [1.29, 1.82) is 0 Å². The van der Waals surface area contributed by atoms with E-state index in [4.69, 9.17) is 9.84 Å². The van der Waals surface area contributed by atoms with E-state index in [-0.39, 0.29) is 11.9 Å². The van der Waals surface area contributed by atoms with Crippen LogP contribution in [0.5, 0.6) is 5.75 Å². The molecule has 1 aliphatic heterocycles. The second kappa shape index (κ2) is 7.80. The van der Waals surface area contributed by atoms with Crippen molar-refractivity contribution in [2.75, 3.05) is 17.0 Å². The van der Waals surface area contributed by atoms with Crippen LogP contribution in [0.3, 0.4) is 0 Å². The molecule has 0 spiro atoms. The average molecular weight is 385 g/mol. The Morgan fingerprint density at radius 2 is 1.55 bits per heavy atom. The summed E-state index contributed by atoms with van der Waals surface area (Å²) in [5, 5.41) is 6.63. The van der Waals surface area contributed by atoms with Crippen LogP contribution in [0, 0.1) is 6.92 Å². The van der Waals surface area contributed by atoms with E-state index in [1.807, 2.05) is 64.5 Å². The van der Waals surface area contributed by atoms with Crippen LogP contribution in [-0.2, 0) is 4.79 Å². The Balaban J connectivity index is 1.87. The second-order valence-corrected chi connectivity index (χ2v) is 7.01. The van der Waals surface area contributed by atoms with Gasteiger partial charge < -0.3 is 4.74 Å². The van der Waals surface area contributed by atoms with Crippen LogP contribution in [0.4, 0.5) is 11.4 Å². The normalized spacial score (nSPS) is 16.0. The lowest BCUT2D eigenvalue weighted by Gasteiger charge is -2.32. The molecule has 5 heteroatoms. The number of hydrazone groups is 1. The van der Waals surface area contributed by atoms with E-state index in [1.165, 1.54) is 5.56 Å². The molecule has 0 unspecified atom stereocenters. The zero-order valence-corrected chi connectivity index (χ0v) is 16.7. The van der Waals surface area contributed by atoms with Gasteiger partial charge in [-0.3, -0.25) is 9.69 Å². The number of nitrogens with zero attached hydrogens (tertiary/aromatic N) is 3. The Kier molecular flexibility index (Phi) is 5.04. The lowest BCUT2D eigenvalue weighted by molar-refractivity contribution is -0.111. The van der Waals surface area contributed by atoms with E-state index in [2.05, 4.69) is 31.2 Å². The summed E-state index contributed by atoms with van der Waals surface area (Å²) in [4.78, 5) is 14.5. The number of hydrogen-bond acceptors (Lipinski definition) is 5. The summed E-state index contributed by atoms with van der Waals surface area (Å²) in [5.74, 6) is 1.11. The smallest absolute Gasteiger partial charge is 0.198 e. The van der Waals surface area contributed by atoms with Gasteiger partial charge in [0.1, 0.15) is 5.75 Å². The Morgan fingerprint density at radius 1 is 0.897 bits per heavy atom. The molecule has 1 atom stereocenters. The lowest BCUT2D eigenvalue weighted by atomic mass is 10.1. The average Bonchev–Trinajstić information content (AvgIpc) is 3.16. The van der Waals surface area contributed by atoms with Gasteiger partial charge in [-0.25, -0.2) is 5.01 Å². The van der Waals surface area contributed by atoms with Crippen LogP contribution < -0.4 is 14.6 Å². The SMILES string of the molecule is COc1ccc(N2N=C(C(C)=O)N(c3ccccc3)[C@@H]2c2ccc(C)cc2)cc1. The third-order valence-corrected chi connectivity index (χ3v) is 4.97. The Bertz CT molecular complexity index is 1030. The molecule has 0 aromatic heterocycles. The van der Waals surface area contributed by atoms with Gasteiger partial charge in [0.15, 0.2) is 17.8 Å². The summed E-state index contributed by atoms with van der Waals surface area (Å²) < 4.78 is 5.29. The zero-order chi connectivity index (χ0) is 20.4. The number of para-hydroxylation sites is 1. The third kappa shape index (κ3) is 3.59. The van der Waals surface area contributed by atoms with Crippen LogP contribution in [0.15, 0.2) is 84.0 Å². The fourth-order valence-electron chi connectivity index (χ4n) is 3.48. The van der Waals surface area contributed by atoms with Crippen LogP contribution in [0.1, 0.15) is 24.2 Å². The molecule has 1 heterocycles. The van der Waals surface area contributed by atoms with Crippen molar-refractivity contribution in [3.05, 3.63) is 90.0 Å². The molecule has 146 valence electrons. The summed E-state index contributed by atoms with van der Waals surface area (Å²) in [6.45, 7) is 3.62. The monoisotopic (exact) mass is 385 g/mol. The molecular weight excluding hydrogens is 362 g/mol. The van der Waals surface area contributed by atoms with Crippen molar-refractivity contribution < 1.29 is 9.53 Å². The van der Waals surface area contributed by atoms with Gasteiger partial charge in [-0.15, -0.1) is 5.10 Å². The number of ketones is 1. The van der Waals surface area contributed by atoms with Crippen molar-refractivity contribution in [1.82, 2.24) is 0 Å². The number of methoxy groups -OCH3 is 1. The van der Waals surface area contributed by atoms with E-state index in [0.717, 1.165) is 22.7 Å². The molecule has 3 aromatic rings. The highest BCUT2D eigenvalue weighted by Crippen LogP contribution is 2.39. The molecule has 0 saturated heterocycles. The molecule has 3 aromatic carbocycles. The fourth-order valence-corrected chi connectivity index (χ4v) is 3.48. The first-order chi connectivity index (χ1) is 14.1. The number of carbonyl (C=O) groups excluding carboxylic acids is 1. The molecular formula is C24H23N3O2. The highest BCUT2D eigenvalue weighted by Gasteiger charge is 2.39. The Hall–Kier alpha value is -3.60. The molecule has 0 saturated carbocycles. The van der Waals surface area contributed by atoms with E-state index in [1.54, 1.807) is 14.0 Å². The maximum absolute atomic E-state index is 12.5. The van der Waals surface area contributed by atoms with Gasteiger partial charge in [0.05, 0.1) is 12.8 Å². The maximum Gasteiger partial charge on any atom is 0.198 e. The topological polar surface area (TPSA) is 45.1 Å². The maximum atomic E-state index is 12.5. The van der Waals surface area contributed by atoms with Crippen molar-refractivity contribution in [2.24, 2.45) is 5.10 Å². The van der Waals surface area contributed by atoms with E-state index < -0.39 is 0 Å². The molecule has 29 heavy (non-hydrogen) atoms. The first-order valence-electron chi connectivity index (χ1n) is 9.52. The summed E-state index contributed by atoms with van der Waals surface area (Å²) in [7, 11) is 1.64. The van der Waals surface area contributed by atoms with Crippen molar-refractivity contribution in [3.8, 4) is 5.75 Å².